The van der Waals surface area contributed by atoms with Gasteiger partial charge in [0, 0.05) is 31.0 Å². The highest BCUT2D eigenvalue weighted by Gasteiger charge is 2.11. The lowest BCUT2D eigenvalue weighted by atomic mass is 10.1. The summed E-state index contributed by atoms with van der Waals surface area (Å²) in [5.74, 6) is 1.23. The van der Waals surface area contributed by atoms with Crippen LogP contribution in [0.1, 0.15) is 27.0 Å². The van der Waals surface area contributed by atoms with Gasteiger partial charge < -0.3 is 9.32 Å². The molecule has 1 amide bonds. The third-order valence-corrected chi connectivity index (χ3v) is 4.73. The first-order valence-electron chi connectivity index (χ1n) is 8.28. The fraction of sp³-hybridized carbons (Fsp3) is 0.250. The maximum atomic E-state index is 11.9. The van der Waals surface area contributed by atoms with E-state index < -0.39 is 0 Å². The Bertz CT molecular complexity index is 897. The third-order valence-electron chi connectivity index (χ3n) is 3.84. The second-order valence-corrected chi connectivity index (χ2v) is 7.36. The van der Waals surface area contributed by atoms with Crippen LogP contribution in [-0.2, 0) is 5.75 Å². The standard InChI is InChI=1S/C20H21N3O2S/c1-13-9-14(2)11-17(10-13)18-21-22-20(25-18)26-12-15-5-7-16(8-6-15)19(24)23(3)4/h5-11H,12H2,1-4H3. The van der Waals surface area contributed by atoms with E-state index in [0.29, 0.717) is 22.4 Å². The average molecular weight is 367 g/mol. The number of nitrogens with zero attached hydrogens (tertiary/aromatic N) is 3. The SMILES string of the molecule is Cc1cc(C)cc(-c2nnc(SCc3ccc(C(=O)N(C)C)cc3)o2)c1. The van der Waals surface area contributed by atoms with Crippen LogP contribution in [0, 0.1) is 13.8 Å². The van der Waals surface area contributed by atoms with Crippen LogP contribution in [0.25, 0.3) is 11.5 Å². The lowest BCUT2D eigenvalue weighted by Gasteiger charge is -2.10. The predicted molar refractivity (Wildman–Crippen MR) is 103 cm³/mol. The number of benzene rings is 2. The van der Waals surface area contributed by atoms with E-state index in [9.17, 15) is 4.79 Å². The van der Waals surface area contributed by atoms with Gasteiger partial charge in [-0.25, -0.2) is 0 Å². The Balaban J connectivity index is 1.65. The Morgan fingerprint density at radius 2 is 1.69 bits per heavy atom. The minimum atomic E-state index is -0.000746. The summed E-state index contributed by atoms with van der Waals surface area (Å²) in [4.78, 5) is 13.5. The van der Waals surface area contributed by atoms with Gasteiger partial charge >= 0.3 is 0 Å². The van der Waals surface area contributed by atoms with Crippen LogP contribution in [0.5, 0.6) is 0 Å². The molecular formula is C20H21N3O2S. The van der Waals surface area contributed by atoms with Crippen LogP contribution < -0.4 is 0 Å². The number of carbonyl (C=O) groups excluding carboxylic acids is 1. The molecule has 26 heavy (non-hydrogen) atoms. The van der Waals surface area contributed by atoms with Crippen LogP contribution >= 0.6 is 11.8 Å². The summed E-state index contributed by atoms with van der Waals surface area (Å²) in [7, 11) is 3.49. The first-order valence-corrected chi connectivity index (χ1v) is 9.26. The van der Waals surface area contributed by atoms with E-state index in [4.69, 9.17) is 4.42 Å². The summed E-state index contributed by atoms with van der Waals surface area (Å²) in [6.45, 7) is 4.10. The summed E-state index contributed by atoms with van der Waals surface area (Å²) in [5.41, 5.74) is 5.04. The molecule has 6 heteroatoms. The number of rotatable bonds is 5. The van der Waals surface area contributed by atoms with Crippen molar-refractivity contribution in [3.05, 3.63) is 64.7 Å². The average Bonchev–Trinajstić information content (AvgIpc) is 3.08. The maximum Gasteiger partial charge on any atom is 0.277 e. The van der Waals surface area contributed by atoms with E-state index in [2.05, 4.69) is 16.3 Å². The molecular weight excluding hydrogens is 346 g/mol. The molecule has 0 aliphatic rings. The number of thioether (sulfide) groups is 1. The quantitative estimate of drug-likeness (QED) is 0.628. The zero-order valence-electron chi connectivity index (χ0n) is 15.3. The van der Waals surface area contributed by atoms with Crippen LogP contribution in [0.2, 0.25) is 0 Å². The van der Waals surface area contributed by atoms with Gasteiger partial charge in [-0.15, -0.1) is 10.2 Å². The molecule has 0 saturated heterocycles. The van der Waals surface area contributed by atoms with Crippen molar-refractivity contribution in [2.75, 3.05) is 14.1 Å². The highest BCUT2D eigenvalue weighted by molar-refractivity contribution is 7.98. The van der Waals surface area contributed by atoms with Gasteiger partial charge in [0.25, 0.3) is 11.1 Å². The van der Waals surface area contributed by atoms with Gasteiger partial charge in [0.1, 0.15) is 0 Å². The molecule has 1 heterocycles. The number of aromatic nitrogens is 2. The minimum Gasteiger partial charge on any atom is -0.411 e. The van der Waals surface area contributed by atoms with Crippen molar-refractivity contribution in [1.29, 1.82) is 0 Å². The van der Waals surface area contributed by atoms with Crippen molar-refractivity contribution in [3.8, 4) is 11.5 Å². The molecule has 0 N–H and O–H groups in total. The van der Waals surface area contributed by atoms with Gasteiger partial charge in [-0.1, -0.05) is 41.1 Å². The highest BCUT2D eigenvalue weighted by atomic mass is 32.2. The summed E-state index contributed by atoms with van der Waals surface area (Å²) in [5, 5.41) is 8.81. The number of amides is 1. The summed E-state index contributed by atoms with van der Waals surface area (Å²) < 4.78 is 5.77. The normalized spacial score (nSPS) is 10.8. The second kappa shape index (κ2) is 7.74. The van der Waals surface area contributed by atoms with Gasteiger partial charge in [-0.3, -0.25) is 4.79 Å². The minimum absolute atomic E-state index is 0.000746. The van der Waals surface area contributed by atoms with Gasteiger partial charge in [0.15, 0.2) is 0 Å². The van der Waals surface area contributed by atoms with Gasteiger partial charge in [0.2, 0.25) is 5.89 Å². The topological polar surface area (TPSA) is 59.2 Å². The van der Waals surface area contributed by atoms with Crippen molar-refractivity contribution in [3.63, 3.8) is 0 Å². The summed E-state index contributed by atoms with van der Waals surface area (Å²) in [6, 6.07) is 13.8. The van der Waals surface area contributed by atoms with E-state index >= 15 is 0 Å². The fourth-order valence-corrected chi connectivity index (χ4v) is 3.35. The third kappa shape index (κ3) is 4.32. The van der Waals surface area contributed by atoms with Crippen LogP contribution in [0.15, 0.2) is 52.1 Å². The molecule has 0 saturated carbocycles. The molecule has 1 aromatic heterocycles. The molecule has 0 aliphatic heterocycles. The molecule has 134 valence electrons. The van der Waals surface area contributed by atoms with Crippen molar-refractivity contribution in [1.82, 2.24) is 15.1 Å². The van der Waals surface area contributed by atoms with E-state index in [0.717, 1.165) is 11.1 Å². The Kier molecular flexibility index (Phi) is 5.42. The zero-order valence-corrected chi connectivity index (χ0v) is 16.1. The molecule has 5 nitrogen and oxygen atoms in total. The summed E-state index contributed by atoms with van der Waals surface area (Å²) >= 11 is 1.48. The van der Waals surface area contributed by atoms with Gasteiger partial charge in [-0.05, 0) is 43.7 Å². The Morgan fingerprint density at radius 1 is 1.04 bits per heavy atom. The Labute approximate surface area is 157 Å². The molecule has 2 aromatic carbocycles. The smallest absolute Gasteiger partial charge is 0.277 e. The lowest BCUT2D eigenvalue weighted by molar-refractivity contribution is 0.0827. The number of carbonyl (C=O) groups is 1. The summed E-state index contributed by atoms with van der Waals surface area (Å²) in [6.07, 6.45) is 0. The zero-order chi connectivity index (χ0) is 18.7. The predicted octanol–water partition coefficient (Wildman–Crippen LogP) is 4.35. The van der Waals surface area contributed by atoms with Crippen LogP contribution in [0.3, 0.4) is 0 Å². The molecule has 3 aromatic rings. The first-order chi connectivity index (χ1) is 12.4. The first kappa shape index (κ1) is 18.2. The second-order valence-electron chi connectivity index (χ2n) is 6.43. The van der Waals surface area contributed by atoms with E-state index in [1.165, 1.54) is 22.9 Å². The van der Waals surface area contributed by atoms with Crippen LogP contribution in [0.4, 0.5) is 0 Å². The molecule has 3 rings (SSSR count). The number of hydrogen-bond acceptors (Lipinski definition) is 5. The number of aryl methyl sites for hydroxylation is 2. The van der Waals surface area contributed by atoms with Crippen molar-refractivity contribution in [2.45, 2.75) is 24.8 Å². The maximum absolute atomic E-state index is 11.9. The van der Waals surface area contributed by atoms with Crippen molar-refractivity contribution in [2.24, 2.45) is 0 Å². The molecule has 0 aliphatic carbocycles. The van der Waals surface area contributed by atoms with Crippen LogP contribution in [-0.4, -0.2) is 35.1 Å². The molecule has 0 spiro atoms. The molecule has 0 atom stereocenters. The monoisotopic (exact) mass is 367 g/mol. The molecule has 0 radical (unpaired) electrons. The van der Waals surface area contributed by atoms with Gasteiger partial charge in [0.05, 0.1) is 0 Å². The highest BCUT2D eigenvalue weighted by Crippen LogP contribution is 2.27. The van der Waals surface area contributed by atoms with Crippen molar-refractivity contribution >= 4 is 17.7 Å². The Hall–Kier alpha value is -2.60. The van der Waals surface area contributed by atoms with E-state index in [1.807, 2.05) is 50.2 Å². The largest absolute Gasteiger partial charge is 0.411 e. The molecule has 0 bridgehead atoms. The Morgan fingerprint density at radius 3 is 2.31 bits per heavy atom. The van der Waals surface area contributed by atoms with Crippen molar-refractivity contribution < 1.29 is 9.21 Å². The van der Waals surface area contributed by atoms with E-state index in [1.54, 1.807) is 19.0 Å². The lowest BCUT2D eigenvalue weighted by Crippen LogP contribution is -2.21. The fourth-order valence-electron chi connectivity index (χ4n) is 2.63. The van der Waals surface area contributed by atoms with E-state index in [-0.39, 0.29) is 5.91 Å². The molecule has 0 unspecified atom stereocenters. The number of hydrogen-bond donors (Lipinski definition) is 0. The van der Waals surface area contributed by atoms with Gasteiger partial charge in [-0.2, -0.15) is 0 Å². The molecule has 0 fully saturated rings.